The molecule has 0 aromatic rings. The van der Waals surface area contributed by atoms with Crippen molar-refractivity contribution in [3.05, 3.63) is 0 Å². The van der Waals surface area contributed by atoms with E-state index >= 15 is 0 Å². The first-order chi connectivity index (χ1) is 10.0. The molecule has 2 rings (SSSR count). The Morgan fingerprint density at radius 3 is 2.48 bits per heavy atom. The van der Waals surface area contributed by atoms with Crippen LogP contribution in [0.1, 0.15) is 58.3 Å². The van der Waals surface area contributed by atoms with Gasteiger partial charge in [-0.1, -0.05) is 19.3 Å². The minimum absolute atomic E-state index is 0.102. The van der Waals surface area contributed by atoms with Crippen molar-refractivity contribution in [1.82, 2.24) is 10.2 Å². The fourth-order valence-electron chi connectivity index (χ4n) is 3.72. The van der Waals surface area contributed by atoms with Gasteiger partial charge < -0.3 is 15.3 Å². The minimum Gasteiger partial charge on any atom is -0.481 e. The van der Waals surface area contributed by atoms with Crippen LogP contribution in [0.2, 0.25) is 0 Å². The second-order valence-electron chi connectivity index (χ2n) is 6.66. The Hall–Kier alpha value is -1.10. The predicted molar refractivity (Wildman–Crippen MR) is 81.0 cm³/mol. The highest BCUT2D eigenvalue weighted by atomic mass is 16.4. The smallest absolute Gasteiger partial charge is 0.303 e. The number of carboxylic acid groups (broad SMARTS) is 1. The zero-order valence-electron chi connectivity index (χ0n) is 13.0. The number of piperidine rings is 1. The lowest BCUT2D eigenvalue weighted by atomic mass is 9.88. The molecule has 1 saturated heterocycles. The van der Waals surface area contributed by atoms with E-state index in [1.54, 1.807) is 6.92 Å². The monoisotopic (exact) mass is 296 g/mol. The van der Waals surface area contributed by atoms with Gasteiger partial charge in [0.05, 0.1) is 0 Å². The van der Waals surface area contributed by atoms with Gasteiger partial charge >= 0.3 is 5.97 Å². The minimum atomic E-state index is -0.744. The summed E-state index contributed by atoms with van der Waals surface area (Å²) in [5, 5.41) is 12.6. The van der Waals surface area contributed by atoms with E-state index in [2.05, 4.69) is 5.32 Å². The van der Waals surface area contributed by atoms with E-state index in [-0.39, 0.29) is 12.3 Å². The fraction of sp³-hybridized carbons (Fsp3) is 0.875. The summed E-state index contributed by atoms with van der Waals surface area (Å²) in [4.78, 5) is 24.3. The lowest BCUT2D eigenvalue weighted by Crippen LogP contribution is -2.53. The number of rotatable bonds is 5. The van der Waals surface area contributed by atoms with Crippen LogP contribution in [0.15, 0.2) is 0 Å². The SMILES string of the molecule is CC(=O)N1CC(CCC(=O)O)CC(NC2CCCCC2)C1. The predicted octanol–water partition coefficient (Wildman–Crippen LogP) is 2.01. The van der Waals surface area contributed by atoms with E-state index in [4.69, 9.17) is 5.11 Å². The van der Waals surface area contributed by atoms with Crippen molar-refractivity contribution in [2.45, 2.75) is 70.4 Å². The Morgan fingerprint density at radius 1 is 1.14 bits per heavy atom. The van der Waals surface area contributed by atoms with Crippen LogP contribution in [-0.2, 0) is 9.59 Å². The standard InChI is InChI=1S/C16H28N2O3/c1-12(19)18-10-13(7-8-16(20)21)9-15(11-18)17-14-5-3-2-4-6-14/h13-15,17H,2-11H2,1H3,(H,20,21). The number of amides is 1. The molecule has 1 saturated carbocycles. The van der Waals surface area contributed by atoms with Gasteiger partial charge in [-0.2, -0.15) is 0 Å². The quantitative estimate of drug-likeness (QED) is 0.814. The molecule has 5 heteroatoms. The topological polar surface area (TPSA) is 69.6 Å². The maximum Gasteiger partial charge on any atom is 0.303 e. The second-order valence-corrected chi connectivity index (χ2v) is 6.66. The van der Waals surface area contributed by atoms with Crippen molar-refractivity contribution in [2.24, 2.45) is 5.92 Å². The summed E-state index contributed by atoms with van der Waals surface area (Å²) >= 11 is 0. The van der Waals surface area contributed by atoms with Gasteiger partial charge in [-0.15, -0.1) is 0 Å². The summed E-state index contributed by atoms with van der Waals surface area (Å²) in [5.74, 6) is -0.336. The van der Waals surface area contributed by atoms with Crippen LogP contribution in [0.25, 0.3) is 0 Å². The van der Waals surface area contributed by atoms with Gasteiger partial charge in [0.1, 0.15) is 0 Å². The van der Waals surface area contributed by atoms with Crippen LogP contribution in [-0.4, -0.2) is 47.1 Å². The van der Waals surface area contributed by atoms with Gasteiger partial charge in [0, 0.05) is 38.5 Å². The van der Waals surface area contributed by atoms with Gasteiger partial charge in [-0.25, -0.2) is 0 Å². The van der Waals surface area contributed by atoms with Crippen molar-refractivity contribution >= 4 is 11.9 Å². The number of carboxylic acids is 1. The molecule has 1 aliphatic carbocycles. The molecule has 0 aromatic carbocycles. The van der Waals surface area contributed by atoms with Crippen molar-refractivity contribution in [1.29, 1.82) is 0 Å². The number of nitrogens with zero attached hydrogens (tertiary/aromatic N) is 1. The molecule has 0 spiro atoms. The average molecular weight is 296 g/mol. The summed E-state index contributed by atoms with van der Waals surface area (Å²) in [7, 11) is 0. The molecule has 120 valence electrons. The maximum absolute atomic E-state index is 11.7. The second kappa shape index (κ2) is 7.78. The number of hydrogen-bond donors (Lipinski definition) is 2. The van der Waals surface area contributed by atoms with Crippen molar-refractivity contribution in [2.75, 3.05) is 13.1 Å². The Kier molecular flexibility index (Phi) is 6.03. The Balaban J connectivity index is 1.88. The van der Waals surface area contributed by atoms with E-state index in [0.717, 1.165) is 13.0 Å². The molecule has 2 atom stereocenters. The Morgan fingerprint density at radius 2 is 1.86 bits per heavy atom. The van der Waals surface area contributed by atoms with E-state index < -0.39 is 5.97 Å². The maximum atomic E-state index is 11.7. The first kappa shape index (κ1) is 16.3. The highest BCUT2D eigenvalue weighted by Gasteiger charge is 2.30. The lowest BCUT2D eigenvalue weighted by molar-refractivity contribution is -0.137. The van der Waals surface area contributed by atoms with E-state index in [1.807, 2.05) is 4.90 Å². The van der Waals surface area contributed by atoms with E-state index in [0.29, 0.717) is 31.0 Å². The van der Waals surface area contributed by atoms with Crippen LogP contribution >= 0.6 is 0 Å². The van der Waals surface area contributed by atoms with Gasteiger partial charge in [-0.3, -0.25) is 9.59 Å². The molecule has 5 nitrogen and oxygen atoms in total. The van der Waals surface area contributed by atoms with E-state index in [1.165, 1.54) is 32.1 Å². The summed E-state index contributed by atoms with van der Waals surface area (Å²) in [6, 6.07) is 0.903. The molecule has 1 aliphatic heterocycles. The molecule has 1 amide bonds. The third-order valence-corrected chi connectivity index (χ3v) is 4.83. The van der Waals surface area contributed by atoms with Crippen molar-refractivity contribution in [3.8, 4) is 0 Å². The van der Waals surface area contributed by atoms with Crippen LogP contribution in [0.3, 0.4) is 0 Å². The fourth-order valence-corrected chi connectivity index (χ4v) is 3.72. The number of carbonyl (C=O) groups excluding carboxylic acids is 1. The number of aliphatic carboxylic acids is 1. The normalized spacial score (nSPS) is 27.6. The molecule has 2 fully saturated rings. The van der Waals surface area contributed by atoms with Crippen LogP contribution < -0.4 is 5.32 Å². The molecular weight excluding hydrogens is 268 g/mol. The number of nitrogens with one attached hydrogen (secondary N) is 1. The third kappa shape index (κ3) is 5.30. The highest BCUT2D eigenvalue weighted by Crippen LogP contribution is 2.24. The van der Waals surface area contributed by atoms with Gasteiger partial charge in [0.25, 0.3) is 0 Å². The molecule has 0 bridgehead atoms. The first-order valence-corrected chi connectivity index (χ1v) is 8.28. The van der Waals surface area contributed by atoms with Crippen molar-refractivity contribution in [3.63, 3.8) is 0 Å². The van der Waals surface area contributed by atoms with Gasteiger partial charge in [-0.05, 0) is 31.6 Å². The average Bonchev–Trinajstić information content (AvgIpc) is 2.46. The molecule has 21 heavy (non-hydrogen) atoms. The molecule has 1 heterocycles. The lowest BCUT2D eigenvalue weighted by Gasteiger charge is -2.40. The molecular formula is C16H28N2O3. The zero-order chi connectivity index (χ0) is 15.2. The first-order valence-electron chi connectivity index (χ1n) is 8.28. The molecule has 0 aromatic heterocycles. The molecule has 2 N–H and O–H groups in total. The summed E-state index contributed by atoms with van der Waals surface area (Å²) in [5.41, 5.74) is 0. The van der Waals surface area contributed by atoms with Crippen LogP contribution in [0.5, 0.6) is 0 Å². The third-order valence-electron chi connectivity index (χ3n) is 4.83. The van der Waals surface area contributed by atoms with Gasteiger partial charge in [0.15, 0.2) is 0 Å². The zero-order valence-corrected chi connectivity index (χ0v) is 13.0. The summed E-state index contributed by atoms with van der Waals surface area (Å²) in [6.45, 7) is 3.10. The summed E-state index contributed by atoms with van der Waals surface area (Å²) in [6.07, 6.45) is 8.25. The molecule has 2 unspecified atom stereocenters. The Labute approximate surface area is 127 Å². The van der Waals surface area contributed by atoms with Crippen LogP contribution in [0, 0.1) is 5.92 Å². The van der Waals surface area contributed by atoms with Crippen LogP contribution in [0.4, 0.5) is 0 Å². The van der Waals surface area contributed by atoms with Crippen molar-refractivity contribution < 1.29 is 14.7 Å². The number of hydrogen-bond acceptors (Lipinski definition) is 3. The molecule has 2 aliphatic rings. The number of carbonyl (C=O) groups is 2. The number of likely N-dealkylation sites (tertiary alicyclic amines) is 1. The van der Waals surface area contributed by atoms with E-state index in [9.17, 15) is 9.59 Å². The molecule has 0 radical (unpaired) electrons. The highest BCUT2D eigenvalue weighted by molar-refractivity contribution is 5.73. The summed E-state index contributed by atoms with van der Waals surface area (Å²) < 4.78 is 0. The van der Waals surface area contributed by atoms with Gasteiger partial charge in [0.2, 0.25) is 5.91 Å². The largest absolute Gasteiger partial charge is 0.481 e. The Bertz CT molecular complexity index is 367.